The Morgan fingerprint density at radius 2 is 1.80 bits per heavy atom. The topological polar surface area (TPSA) is 78.1 Å². The third-order valence-electron chi connectivity index (χ3n) is 6.72. The van der Waals surface area contributed by atoms with Crippen LogP contribution in [0.2, 0.25) is 0 Å². The average Bonchev–Trinajstić information content (AvgIpc) is 3.34. The van der Waals surface area contributed by atoms with Gasteiger partial charge in [-0.1, -0.05) is 56.3 Å². The van der Waals surface area contributed by atoms with Crippen LogP contribution in [0, 0.1) is 12.8 Å². The maximum atomic E-state index is 13.9. The number of para-hydroxylation sites is 1. The summed E-state index contributed by atoms with van der Waals surface area (Å²) in [5.74, 6) is -0.0382. The van der Waals surface area contributed by atoms with Gasteiger partial charge in [-0.25, -0.2) is 0 Å². The molecule has 1 aliphatic rings. The second-order valence-corrected chi connectivity index (χ2v) is 9.60. The highest BCUT2D eigenvalue weighted by atomic mass is 16.2. The van der Waals surface area contributed by atoms with Crippen molar-refractivity contribution in [3.8, 4) is 0 Å². The lowest BCUT2D eigenvalue weighted by molar-refractivity contribution is -0.126. The molecule has 0 spiro atoms. The predicted molar refractivity (Wildman–Crippen MR) is 137 cm³/mol. The van der Waals surface area contributed by atoms with Gasteiger partial charge < -0.3 is 15.2 Å². The molecule has 35 heavy (non-hydrogen) atoms. The third kappa shape index (κ3) is 4.20. The van der Waals surface area contributed by atoms with Gasteiger partial charge in [0, 0.05) is 33.9 Å². The minimum atomic E-state index is -0.614. The first-order valence-corrected chi connectivity index (χ1v) is 12.1. The van der Waals surface area contributed by atoms with Crippen LogP contribution in [0.1, 0.15) is 59.2 Å². The van der Waals surface area contributed by atoms with Crippen LogP contribution in [0.3, 0.4) is 0 Å². The number of nitrogens with one attached hydrogen (secondary N) is 2. The van der Waals surface area contributed by atoms with Crippen LogP contribution in [0.4, 0.5) is 0 Å². The number of amides is 2. The highest BCUT2D eigenvalue weighted by Gasteiger charge is 2.45. The van der Waals surface area contributed by atoms with E-state index in [9.17, 15) is 9.59 Å². The number of hydrogen-bond acceptors (Lipinski definition) is 3. The van der Waals surface area contributed by atoms with Gasteiger partial charge in [0.1, 0.15) is 6.04 Å². The maximum absolute atomic E-state index is 13.9. The fourth-order valence-corrected chi connectivity index (χ4v) is 5.19. The highest BCUT2D eigenvalue weighted by Crippen LogP contribution is 2.44. The average molecular weight is 467 g/mol. The molecule has 178 valence electrons. The number of pyridine rings is 1. The third-order valence-corrected chi connectivity index (χ3v) is 6.72. The number of benzene rings is 2. The molecule has 3 heterocycles. The molecule has 1 aliphatic heterocycles. The zero-order chi connectivity index (χ0) is 24.5. The van der Waals surface area contributed by atoms with Crippen LogP contribution in [-0.4, -0.2) is 32.7 Å². The summed E-state index contributed by atoms with van der Waals surface area (Å²) >= 11 is 0. The van der Waals surface area contributed by atoms with E-state index >= 15 is 0 Å². The summed E-state index contributed by atoms with van der Waals surface area (Å²) < 4.78 is 0. The second kappa shape index (κ2) is 9.37. The van der Waals surface area contributed by atoms with Crippen molar-refractivity contribution >= 4 is 22.7 Å². The van der Waals surface area contributed by atoms with Crippen LogP contribution in [-0.2, 0) is 11.3 Å². The van der Waals surface area contributed by atoms with E-state index in [0.29, 0.717) is 18.5 Å². The smallest absolute Gasteiger partial charge is 0.255 e. The molecular formula is C29H30N4O2. The number of rotatable bonds is 7. The molecule has 5 rings (SSSR count). The van der Waals surface area contributed by atoms with Gasteiger partial charge in [-0.15, -0.1) is 0 Å². The molecule has 2 amide bonds. The molecular weight excluding hydrogens is 436 g/mol. The first-order valence-electron chi connectivity index (χ1n) is 12.1. The number of hydrogen-bond donors (Lipinski definition) is 2. The van der Waals surface area contributed by atoms with Gasteiger partial charge in [-0.3, -0.25) is 14.6 Å². The Hall–Kier alpha value is -3.93. The lowest BCUT2D eigenvalue weighted by atomic mass is 9.93. The molecule has 2 N–H and O–H groups in total. The van der Waals surface area contributed by atoms with Crippen LogP contribution < -0.4 is 5.32 Å². The number of carbonyl (C=O) groups excluding carboxylic acids is 2. The number of nitrogens with zero attached hydrogens (tertiary/aromatic N) is 2. The van der Waals surface area contributed by atoms with E-state index in [1.54, 1.807) is 11.1 Å². The summed E-state index contributed by atoms with van der Waals surface area (Å²) in [4.78, 5) is 37.1. The number of aryl methyl sites for hydroxylation is 1. The number of aromatic nitrogens is 2. The van der Waals surface area contributed by atoms with E-state index in [2.05, 4.69) is 35.2 Å². The molecule has 2 aromatic heterocycles. The SMILES string of the molecule is Cc1[nH]c2ccccc2c1C1c2ccccc2C(=O)N1C(CC(C)C)C(=O)NCc1ccccn1. The van der Waals surface area contributed by atoms with Crippen molar-refractivity contribution in [2.45, 2.75) is 45.8 Å². The fraction of sp³-hybridized carbons (Fsp3) is 0.276. The van der Waals surface area contributed by atoms with E-state index in [0.717, 1.165) is 33.4 Å². The van der Waals surface area contributed by atoms with E-state index in [1.807, 2.05) is 67.6 Å². The van der Waals surface area contributed by atoms with Crippen molar-refractivity contribution < 1.29 is 9.59 Å². The molecule has 2 unspecified atom stereocenters. The van der Waals surface area contributed by atoms with E-state index < -0.39 is 6.04 Å². The highest BCUT2D eigenvalue weighted by molar-refractivity contribution is 6.03. The van der Waals surface area contributed by atoms with Crippen LogP contribution in [0.25, 0.3) is 10.9 Å². The Balaban J connectivity index is 1.59. The first-order chi connectivity index (χ1) is 17.0. The lowest BCUT2D eigenvalue weighted by Crippen LogP contribution is -2.49. The Bertz CT molecular complexity index is 1380. The Morgan fingerprint density at radius 3 is 2.57 bits per heavy atom. The number of aromatic amines is 1. The van der Waals surface area contributed by atoms with E-state index in [1.165, 1.54) is 0 Å². The maximum Gasteiger partial charge on any atom is 0.255 e. The minimum absolute atomic E-state index is 0.103. The van der Waals surface area contributed by atoms with Crippen molar-refractivity contribution in [1.29, 1.82) is 0 Å². The molecule has 2 aromatic carbocycles. The van der Waals surface area contributed by atoms with Gasteiger partial charge in [0.2, 0.25) is 5.91 Å². The van der Waals surface area contributed by atoms with Crippen molar-refractivity contribution in [1.82, 2.24) is 20.2 Å². The van der Waals surface area contributed by atoms with Crippen LogP contribution >= 0.6 is 0 Å². The van der Waals surface area contributed by atoms with Crippen molar-refractivity contribution in [2.75, 3.05) is 0 Å². The quantitative estimate of drug-likeness (QED) is 0.396. The standard InChI is InChI=1S/C29H30N4O2/c1-18(2)16-25(28(34)31-17-20-10-8-9-15-30-20)33-27(21-11-4-5-12-22(21)29(33)35)26-19(3)32-24-14-7-6-13-23(24)26/h4-15,18,25,27,32H,16-17H2,1-3H3,(H,31,34). The van der Waals surface area contributed by atoms with Crippen molar-refractivity contribution in [3.63, 3.8) is 0 Å². The first kappa shape index (κ1) is 22.8. The molecule has 2 atom stereocenters. The Kier molecular flexibility index (Phi) is 6.12. The monoisotopic (exact) mass is 466 g/mol. The fourth-order valence-electron chi connectivity index (χ4n) is 5.19. The van der Waals surface area contributed by atoms with Crippen molar-refractivity contribution in [3.05, 3.63) is 101 Å². The zero-order valence-electron chi connectivity index (χ0n) is 20.3. The molecule has 0 aliphatic carbocycles. The van der Waals surface area contributed by atoms with Gasteiger partial charge >= 0.3 is 0 Å². The summed E-state index contributed by atoms with van der Waals surface area (Å²) in [7, 11) is 0. The summed E-state index contributed by atoms with van der Waals surface area (Å²) in [6.07, 6.45) is 2.27. The van der Waals surface area contributed by atoms with Gasteiger partial charge in [0.05, 0.1) is 18.3 Å². The largest absolute Gasteiger partial charge is 0.358 e. The normalized spacial score (nSPS) is 16.1. The number of fused-ring (bicyclic) bond motifs is 2. The van der Waals surface area contributed by atoms with Crippen LogP contribution in [0.15, 0.2) is 72.9 Å². The summed E-state index contributed by atoms with van der Waals surface area (Å²) in [5.41, 5.74) is 5.46. The molecule has 0 saturated heterocycles. The Morgan fingerprint density at radius 1 is 1.06 bits per heavy atom. The van der Waals surface area contributed by atoms with Crippen molar-refractivity contribution in [2.24, 2.45) is 5.92 Å². The molecule has 0 bridgehead atoms. The second-order valence-electron chi connectivity index (χ2n) is 9.60. The molecule has 6 nitrogen and oxygen atoms in total. The van der Waals surface area contributed by atoms with E-state index in [4.69, 9.17) is 0 Å². The molecule has 0 fully saturated rings. The summed E-state index contributed by atoms with van der Waals surface area (Å²) in [5, 5.41) is 4.11. The number of H-pyrrole nitrogens is 1. The predicted octanol–water partition coefficient (Wildman–Crippen LogP) is 5.15. The molecule has 4 aromatic rings. The Labute approximate surface area is 205 Å². The zero-order valence-corrected chi connectivity index (χ0v) is 20.3. The van der Waals surface area contributed by atoms with Gasteiger partial charge in [0.15, 0.2) is 0 Å². The van der Waals surface area contributed by atoms with Gasteiger partial charge in [-0.2, -0.15) is 0 Å². The molecule has 0 saturated carbocycles. The van der Waals surface area contributed by atoms with Crippen LogP contribution in [0.5, 0.6) is 0 Å². The molecule has 0 radical (unpaired) electrons. The number of carbonyl (C=O) groups is 2. The lowest BCUT2D eigenvalue weighted by Gasteiger charge is -2.34. The molecule has 6 heteroatoms. The van der Waals surface area contributed by atoms with E-state index in [-0.39, 0.29) is 23.8 Å². The summed E-state index contributed by atoms with van der Waals surface area (Å²) in [6, 6.07) is 20.5. The van der Waals surface area contributed by atoms with Gasteiger partial charge in [0.25, 0.3) is 5.91 Å². The van der Waals surface area contributed by atoms with Gasteiger partial charge in [-0.05, 0) is 49.1 Å². The minimum Gasteiger partial charge on any atom is -0.358 e. The summed E-state index contributed by atoms with van der Waals surface area (Å²) in [6.45, 7) is 6.52.